The van der Waals surface area contributed by atoms with Crippen molar-refractivity contribution < 1.29 is 4.79 Å². The number of aromatic nitrogens is 3. The number of nitrogens with one attached hydrogen (secondary N) is 2. The number of hydrogen-bond donors (Lipinski definition) is 2. The Bertz CT molecular complexity index is 1180. The van der Waals surface area contributed by atoms with E-state index in [1.54, 1.807) is 12.1 Å². The molecule has 2 aromatic heterocycles. The van der Waals surface area contributed by atoms with E-state index in [4.69, 9.17) is 11.6 Å². The van der Waals surface area contributed by atoms with Gasteiger partial charge < -0.3 is 10.3 Å². The first-order chi connectivity index (χ1) is 12.6. The summed E-state index contributed by atoms with van der Waals surface area (Å²) in [7, 11) is 0. The number of nitrogens with zero attached hydrogens (tertiary/aromatic N) is 2. The first kappa shape index (κ1) is 16.4. The molecule has 0 radical (unpaired) electrons. The van der Waals surface area contributed by atoms with Crippen LogP contribution < -0.4 is 10.9 Å². The quantitative estimate of drug-likeness (QED) is 0.583. The average Bonchev–Trinajstić information content (AvgIpc) is 3.02. The lowest BCUT2D eigenvalue weighted by molar-refractivity contribution is -0.121. The summed E-state index contributed by atoms with van der Waals surface area (Å²) in [6, 6.07) is 14.8. The molecule has 0 saturated carbocycles. The van der Waals surface area contributed by atoms with E-state index in [9.17, 15) is 9.59 Å². The number of halogens is 1. The molecule has 2 N–H and O–H groups in total. The molecule has 130 valence electrons. The summed E-state index contributed by atoms with van der Waals surface area (Å²) in [6.45, 7) is 0.244. The van der Waals surface area contributed by atoms with Crippen LogP contribution in [0, 0.1) is 0 Å². The van der Waals surface area contributed by atoms with Gasteiger partial charge in [0.05, 0.1) is 6.33 Å². The van der Waals surface area contributed by atoms with Crippen molar-refractivity contribution in [2.45, 2.75) is 13.1 Å². The summed E-state index contributed by atoms with van der Waals surface area (Å²) in [4.78, 5) is 32.3. The second kappa shape index (κ2) is 6.65. The Morgan fingerprint density at radius 1 is 1.19 bits per heavy atom. The van der Waals surface area contributed by atoms with Crippen molar-refractivity contribution >= 4 is 39.4 Å². The fraction of sp³-hybridized carbons (Fsp3) is 0.105. The normalized spacial score (nSPS) is 11.1. The summed E-state index contributed by atoms with van der Waals surface area (Å²) < 4.78 is 1.30. The van der Waals surface area contributed by atoms with Crippen LogP contribution in [0.4, 0.5) is 0 Å². The van der Waals surface area contributed by atoms with Crippen molar-refractivity contribution in [3.8, 4) is 0 Å². The molecule has 0 aliphatic rings. The summed E-state index contributed by atoms with van der Waals surface area (Å²) in [6.07, 6.45) is 1.41. The maximum Gasteiger partial charge on any atom is 0.278 e. The molecule has 26 heavy (non-hydrogen) atoms. The minimum absolute atomic E-state index is 0.0995. The van der Waals surface area contributed by atoms with Gasteiger partial charge >= 0.3 is 0 Å². The third kappa shape index (κ3) is 3.07. The van der Waals surface area contributed by atoms with E-state index in [0.29, 0.717) is 22.6 Å². The lowest BCUT2D eigenvalue weighted by atomic mass is 10.2. The minimum atomic E-state index is -0.274. The third-order valence-electron chi connectivity index (χ3n) is 4.17. The lowest BCUT2D eigenvalue weighted by Gasteiger charge is -2.07. The van der Waals surface area contributed by atoms with Crippen molar-refractivity contribution in [3.05, 3.63) is 75.8 Å². The maximum absolute atomic E-state index is 12.6. The number of benzene rings is 2. The zero-order valence-corrected chi connectivity index (χ0v) is 14.5. The van der Waals surface area contributed by atoms with Gasteiger partial charge in [-0.2, -0.15) is 0 Å². The van der Waals surface area contributed by atoms with Crippen LogP contribution in [0.2, 0.25) is 5.02 Å². The van der Waals surface area contributed by atoms with Crippen LogP contribution in [0.25, 0.3) is 21.9 Å². The monoisotopic (exact) mass is 366 g/mol. The van der Waals surface area contributed by atoms with E-state index in [1.165, 1.54) is 10.9 Å². The maximum atomic E-state index is 12.6. The van der Waals surface area contributed by atoms with Gasteiger partial charge in [-0.25, -0.2) is 4.98 Å². The second-order valence-electron chi connectivity index (χ2n) is 5.98. The largest absolute Gasteiger partial charge is 0.350 e. The Kier molecular flexibility index (Phi) is 4.18. The number of amides is 1. The standard InChI is InChI=1S/C19H15ClN4O2/c20-13-5-3-4-12(8-13)9-21-16(25)10-24-11-22-17-14-6-1-2-7-15(14)23-18(17)19(24)26/h1-8,11,23H,9-10H2,(H,21,25). The molecular weight excluding hydrogens is 352 g/mol. The summed E-state index contributed by atoms with van der Waals surface area (Å²) in [5, 5.41) is 4.28. The van der Waals surface area contributed by atoms with Gasteiger partial charge in [-0.15, -0.1) is 0 Å². The topological polar surface area (TPSA) is 79.8 Å². The molecule has 4 aromatic rings. The SMILES string of the molecule is O=C(Cn1cnc2c([nH]c3ccccc32)c1=O)NCc1cccc(Cl)c1. The highest BCUT2D eigenvalue weighted by Gasteiger charge is 2.12. The van der Waals surface area contributed by atoms with Gasteiger partial charge in [0.2, 0.25) is 5.91 Å². The highest BCUT2D eigenvalue weighted by atomic mass is 35.5. The summed E-state index contributed by atoms with van der Waals surface area (Å²) in [5.74, 6) is -0.274. The van der Waals surface area contributed by atoms with E-state index < -0.39 is 0 Å². The van der Waals surface area contributed by atoms with Crippen LogP contribution in [0.1, 0.15) is 5.56 Å². The van der Waals surface area contributed by atoms with Crippen molar-refractivity contribution in [3.63, 3.8) is 0 Å². The number of fused-ring (bicyclic) bond motifs is 3. The molecule has 2 aromatic carbocycles. The second-order valence-corrected chi connectivity index (χ2v) is 6.41. The molecule has 0 aliphatic heterocycles. The summed E-state index contributed by atoms with van der Waals surface area (Å²) in [5.41, 5.74) is 2.47. The smallest absolute Gasteiger partial charge is 0.278 e. The number of rotatable bonds is 4. The molecule has 7 heteroatoms. The Balaban J connectivity index is 1.55. The molecule has 6 nitrogen and oxygen atoms in total. The molecule has 0 unspecified atom stereocenters. The molecular formula is C19H15ClN4O2. The number of carbonyl (C=O) groups excluding carboxylic acids is 1. The van der Waals surface area contributed by atoms with Gasteiger partial charge in [-0.3, -0.25) is 14.2 Å². The number of H-pyrrole nitrogens is 1. The van der Waals surface area contributed by atoms with Crippen molar-refractivity contribution in [1.29, 1.82) is 0 Å². The van der Waals surface area contributed by atoms with E-state index in [-0.39, 0.29) is 18.0 Å². The number of hydrogen-bond acceptors (Lipinski definition) is 3. The molecule has 0 bridgehead atoms. The van der Waals surface area contributed by atoms with Gasteiger partial charge in [0.1, 0.15) is 17.6 Å². The Labute approximate surface area is 153 Å². The Morgan fingerprint density at radius 2 is 2.04 bits per heavy atom. The molecule has 0 spiro atoms. The van der Waals surface area contributed by atoms with Crippen molar-refractivity contribution in [2.24, 2.45) is 0 Å². The molecule has 1 amide bonds. The number of para-hydroxylation sites is 1. The van der Waals surface area contributed by atoms with Crippen LogP contribution >= 0.6 is 11.6 Å². The summed E-state index contributed by atoms with van der Waals surface area (Å²) >= 11 is 5.93. The number of aromatic amines is 1. The van der Waals surface area contributed by atoms with Gasteiger partial charge in [-0.05, 0) is 23.8 Å². The highest BCUT2D eigenvalue weighted by molar-refractivity contribution is 6.30. The Morgan fingerprint density at radius 3 is 2.88 bits per heavy atom. The van der Waals surface area contributed by atoms with Crippen LogP contribution in [-0.2, 0) is 17.9 Å². The zero-order chi connectivity index (χ0) is 18.1. The Hall–Kier alpha value is -3.12. The molecule has 0 fully saturated rings. The van der Waals surface area contributed by atoms with Gasteiger partial charge in [0.15, 0.2) is 0 Å². The van der Waals surface area contributed by atoms with Gasteiger partial charge in [0, 0.05) is 22.5 Å². The fourth-order valence-corrected chi connectivity index (χ4v) is 3.12. The first-order valence-electron chi connectivity index (χ1n) is 8.09. The lowest BCUT2D eigenvalue weighted by Crippen LogP contribution is -2.32. The molecule has 0 aliphatic carbocycles. The average molecular weight is 367 g/mol. The molecule has 2 heterocycles. The van der Waals surface area contributed by atoms with E-state index >= 15 is 0 Å². The van der Waals surface area contributed by atoms with Crippen molar-refractivity contribution in [1.82, 2.24) is 19.9 Å². The minimum Gasteiger partial charge on any atom is -0.350 e. The molecule has 4 rings (SSSR count). The van der Waals surface area contributed by atoms with E-state index in [1.807, 2.05) is 36.4 Å². The van der Waals surface area contributed by atoms with Gasteiger partial charge in [-0.1, -0.05) is 41.9 Å². The zero-order valence-electron chi connectivity index (χ0n) is 13.7. The predicted octanol–water partition coefficient (Wildman–Crippen LogP) is 2.85. The third-order valence-corrected chi connectivity index (χ3v) is 4.41. The van der Waals surface area contributed by atoms with Crippen LogP contribution in [0.5, 0.6) is 0 Å². The predicted molar refractivity (Wildman–Crippen MR) is 101 cm³/mol. The van der Waals surface area contributed by atoms with Crippen molar-refractivity contribution in [2.75, 3.05) is 0 Å². The van der Waals surface area contributed by atoms with E-state index in [2.05, 4.69) is 15.3 Å². The van der Waals surface area contributed by atoms with Gasteiger partial charge in [0.25, 0.3) is 5.56 Å². The molecule has 0 saturated heterocycles. The number of carbonyl (C=O) groups is 1. The highest BCUT2D eigenvalue weighted by Crippen LogP contribution is 2.20. The molecule has 0 atom stereocenters. The van der Waals surface area contributed by atoms with E-state index in [0.717, 1.165) is 16.5 Å². The van der Waals surface area contributed by atoms with Crippen LogP contribution in [0.3, 0.4) is 0 Å². The van der Waals surface area contributed by atoms with Crippen LogP contribution in [-0.4, -0.2) is 20.4 Å². The first-order valence-corrected chi connectivity index (χ1v) is 8.46. The van der Waals surface area contributed by atoms with Crippen LogP contribution in [0.15, 0.2) is 59.7 Å². The fourth-order valence-electron chi connectivity index (χ4n) is 2.91.